The van der Waals surface area contributed by atoms with Crippen LogP contribution in [0.1, 0.15) is 64.2 Å². The number of nitriles is 1. The van der Waals surface area contributed by atoms with Crippen LogP contribution in [0.3, 0.4) is 0 Å². The molecule has 330 valence electrons. The van der Waals surface area contributed by atoms with Gasteiger partial charge in [0.25, 0.3) is 23.6 Å². The first-order chi connectivity index (χ1) is 30.5. The van der Waals surface area contributed by atoms with Crippen molar-refractivity contribution in [2.24, 2.45) is 10.9 Å². The Labute approximate surface area is 357 Å². The maximum Gasteiger partial charge on any atom is 0.435 e. The number of rotatable bonds is 13. The smallest absolute Gasteiger partial charge is 0.409 e. The molecule has 6 aromatic rings. The Morgan fingerprint density at radius 2 is 1.03 bits per heavy atom. The summed E-state index contributed by atoms with van der Waals surface area (Å²) in [6.07, 6.45) is -5.21. The maximum absolute atomic E-state index is 13.4. The molecule has 0 aliphatic heterocycles. The summed E-state index contributed by atoms with van der Waals surface area (Å²) in [4.78, 5) is 56.4. The van der Waals surface area contributed by atoms with Gasteiger partial charge in [-0.15, -0.1) is 0 Å². The van der Waals surface area contributed by atoms with E-state index in [1.54, 1.807) is 60.7 Å². The Bertz CT molecular complexity index is 2650. The molecule has 24 heteroatoms. The number of nitrogens with one attached hydrogen (secondary N) is 4. The lowest BCUT2D eigenvalue weighted by molar-refractivity contribution is -0.142. The lowest BCUT2D eigenvalue weighted by Crippen LogP contribution is -2.35. The zero-order chi connectivity index (χ0) is 46.4. The second-order valence-electron chi connectivity index (χ2n) is 12.8. The molecule has 0 atom stereocenters. The van der Waals surface area contributed by atoms with Gasteiger partial charge in [0.2, 0.25) is 0 Å². The van der Waals surface area contributed by atoms with E-state index in [1.165, 1.54) is 36.7 Å². The average molecular weight is 890 g/mol. The van der Waals surface area contributed by atoms with Gasteiger partial charge in [-0.3, -0.25) is 24.2 Å². The number of aromatic nitrogens is 6. The number of alkyl halides is 6. The summed E-state index contributed by atoms with van der Waals surface area (Å²) in [6, 6.07) is 23.5. The standard InChI is InChI=1S/C20H18F3N7O3.C20H15F3N6O2/c21-20(22,23)16-14(11-30(28-16)13-4-2-1-3-5-13)19(32)26-9-8-25-18(31)12-6-7-15(27-10-12)17(24)29-33;21-20(22,23)17-16(12-29(28-17)15-4-2-1-3-5-15)19(31)26-9-8-25-18(30)13-6-7-14(10-24)27-11-13/h1-7,10-11,33H,8-9H2,(H2,24,29)(H,25,31)(H,26,32);1-7,11-12H,8-9H2,(H,25,30)(H,26,31). The molecule has 0 aliphatic carbocycles. The van der Waals surface area contributed by atoms with Crippen molar-refractivity contribution in [3.8, 4) is 17.4 Å². The Balaban J connectivity index is 0.000000241. The van der Waals surface area contributed by atoms with Crippen LogP contribution in [-0.2, 0) is 12.4 Å². The van der Waals surface area contributed by atoms with Crippen molar-refractivity contribution >= 4 is 29.5 Å². The predicted molar refractivity (Wildman–Crippen MR) is 212 cm³/mol. The highest BCUT2D eigenvalue weighted by atomic mass is 19.4. The maximum atomic E-state index is 13.4. The first-order valence-corrected chi connectivity index (χ1v) is 18.4. The second kappa shape index (κ2) is 20.8. The quantitative estimate of drug-likeness (QED) is 0.0242. The average Bonchev–Trinajstić information content (AvgIpc) is 3.97. The minimum absolute atomic E-state index is 0.0290. The van der Waals surface area contributed by atoms with Crippen LogP contribution in [0.5, 0.6) is 0 Å². The highest BCUT2D eigenvalue weighted by Gasteiger charge is 2.40. The third-order valence-electron chi connectivity index (χ3n) is 8.42. The number of nitrogens with two attached hydrogens (primary N) is 1. The van der Waals surface area contributed by atoms with Crippen LogP contribution in [0.2, 0.25) is 0 Å². The van der Waals surface area contributed by atoms with E-state index in [0.29, 0.717) is 11.4 Å². The molecule has 0 saturated heterocycles. The lowest BCUT2D eigenvalue weighted by atomic mass is 10.2. The Hall–Kier alpha value is -8.62. The third kappa shape index (κ3) is 12.2. The predicted octanol–water partition coefficient (Wildman–Crippen LogP) is 3.86. The summed E-state index contributed by atoms with van der Waals surface area (Å²) < 4.78 is 82.1. The van der Waals surface area contributed by atoms with E-state index < -0.39 is 58.5 Å². The minimum Gasteiger partial charge on any atom is -0.409 e. The van der Waals surface area contributed by atoms with Crippen molar-refractivity contribution in [1.82, 2.24) is 50.8 Å². The van der Waals surface area contributed by atoms with Crippen LogP contribution in [0.25, 0.3) is 11.4 Å². The summed E-state index contributed by atoms with van der Waals surface area (Å²) in [5, 5.41) is 36.8. The zero-order valence-corrected chi connectivity index (χ0v) is 32.7. The number of pyridine rings is 2. The van der Waals surface area contributed by atoms with Crippen LogP contribution in [0.4, 0.5) is 26.3 Å². The number of carbonyl (C=O) groups excluding carboxylic acids is 4. The number of hydrogen-bond acceptors (Lipinski definition) is 11. The molecule has 0 fully saturated rings. The molecular formula is C40H33F6N13O5. The molecule has 18 nitrogen and oxygen atoms in total. The van der Waals surface area contributed by atoms with E-state index >= 15 is 0 Å². The highest BCUT2D eigenvalue weighted by molar-refractivity contribution is 5.98. The van der Waals surface area contributed by atoms with Gasteiger partial charge in [0.1, 0.15) is 17.5 Å². The van der Waals surface area contributed by atoms with Crippen molar-refractivity contribution in [2.45, 2.75) is 12.4 Å². The van der Waals surface area contributed by atoms with Crippen molar-refractivity contribution in [3.05, 3.63) is 155 Å². The topological polar surface area (TPSA) is 260 Å². The van der Waals surface area contributed by atoms with Crippen LogP contribution in [0, 0.1) is 11.3 Å². The second-order valence-corrected chi connectivity index (χ2v) is 12.8. The van der Waals surface area contributed by atoms with Gasteiger partial charge in [0.15, 0.2) is 17.2 Å². The molecule has 6 rings (SSSR count). The fraction of sp³-hybridized carbons (Fsp3) is 0.150. The molecule has 0 radical (unpaired) electrons. The SMILES string of the molecule is N#Cc1ccc(C(=O)NCCNC(=O)c2cn(-c3ccccc3)nc2C(F)(F)F)cn1.N/C(=N\O)c1ccc(C(=O)NCCNC(=O)c2cn(-c3ccccc3)nc2C(F)(F)F)cn1. The van der Waals surface area contributed by atoms with E-state index in [4.69, 9.17) is 16.2 Å². The van der Waals surface area contributed by atoms with Crippen LogP contribution < -0.4 is 27.0 Å². The van der Waals surface area contributed by atoms with E-state index in [9.17, 15) is 45.5 Å². The molecule has 2 aromatic carbocycles. The largest absolute Gasteiger partial charge is 0.435 e. The molecule has 0 saturated carbocycles. The molecule has 0 spiro atoms. The summed E-state index contributed by atoms with van der Waals surface area (Å²) in [7, 11) is 0. The number of halogens is 6. The number of amides is 4. The van der Waals surface area contributed by atoms with Gasteiger partial charge in [0.05, 0.1) is 33.6 Å². The van der Waals surface area contributed by atoms with Gasteiger partial charge in [-0.05, 0) is 48.5 Å². The number of benzene rings is 2. The minimum atomic E-state index is -4.83. The first kappa shape index (κ1) is 46.4. The molecule has 0 unspecified atom stereocenters. The van der Waals surface area contributed by atoms with Gasteiger partial charge in [-0.2, -0.15) is 41.8 Å². The normalized spacial score (nSPS) is 11.4. The summed E-state index contributed by atoms with van der Waals surface area (Å²) >= 11 is 0. The van der Waals surface area contributed by atoms with E-state index in [1.807, 2.05) is 6.07 Å². The molecule has 0 bridgehead atoms. The molecule has 4 heterocycles. The zero-order valence-electron chi connectivity index (χ0n) is 32.7. The van der Waals surface area contributed by atoms with Gasteiger partial charge in [-0.1, -0.05) is 41.6 Å². The summed E-state index contributed by atoms with van der Waals surface area (Å²) in [5.74, 6) is -3.21. The van der Waals surface area contributed by atoms with E-state index in [0.717, 1.165) is 21.8 Å². The molecule has 7 N–H and O–H groups in total. The van der Waals surface area contributed by atoms with Gasteiger partial charge < -0.3 is 32.2 Å². The Morgan fingerprint density at radius 1 is 0.625 bits per heavy atom. The summed E-state index contributed by atoms with van der Waals surface area (Å²) in [6.45, 7) is -0.324. The molecule has 64 heavy (non-hydrogen) atoms. The molecular weight excluding hydrogens is 857 g/mol. The summed E-state index contributed by atoms with van der Waals surface area (Å²) in [5.41, 5.74) is 2.92. The highest BCUT2D eigenvalue weighted by Crippen LogP contribution is 2.32. The van der Waals surface area contributed by atoms with Crippen molar-refractivity contribution < 1.29 is 50.7 Å². The number of hydrogen-bond donors (Lipinski definition) is 6. The fourth-order valence-electron chi connectivity index (χ4n) is 5.35. The van der Waals surface area contributed by atoms with Crippen LogP contribution in [-0.4, -0.2) is 90.4 Å². The molecule has 0 aliphatic rings. The lowest BCUT2D eigenvalue weighted by Gasteiger charge is -2.08. The number of para-hydroxylation sites is 2. The third-order valence-corrected chi connectivity index (χ3v) is 8.42. The van der Waals surface area contributed by atoms with E-state index in [2.05, 4.69) is 46.6 Å². The number of amidine groups is 1. The first-order valence-electron chi connectivity index (χ1n) is 18.4. The fourth-order valence-corrected chi connectivity index (χ4v) is 5.35. The van der Waals surface area contributed by atoms with Crippen molar-refractivity contribution in [3.63, 3.8) is 0 Å². The Morgan fingerprint density at radius 3 is 1.38 bits per heavy atom. The van der Waals surface area contributed by atoms with Crippen molar-refractivity contribution in [1.29, 1.82) is 5.26 Å². The molecule has 4 amide bonds. The van der Waals surface area contributed by atoms with Gasteiger partial charge in [-0.25, -0.2) is 14.3 Å². The van der Waals surface area contributed by atoms with Crippen LogP contribution in [0.15, 0.2) is 115 Å². The monoisotopic (exact) mass is 889 g/mol. The molecule has 4 aromatic heterocycles. The number of nitrogens with zero attached hydrogens (tertiary/aromatic N) is 8. The van der Waals surface area contributed by atoms with Crippen molar-refractivity contribution in [2.75, 3.05) is 26.2 Å². The van der Waals surface area contributed by atoms with Gasteiger partial charge >= 0.3 is 12.4 Å². The Kier molecular flexibility index (Phi) is 15.1. The van der Waals surface area contributed by atoms with Crippen LogP contribution >= 0.6 is 0 Å². The number of carbonyl (C=O) groups is 4. The van der Waals surface area contributed by atoms with E-state index in [-0.39, 0.29) is 54.5 Å². The van der Waals surface area contributed by atoms with Gasteiger partial charge in [0, 0.05) is 51.0 Å². The number of oxime groups is 1.